The van der Waals surface area contributed by atoms with Crippen LogP contribution in [0.4, 0.5) is 5.69 Å². The number of hydrogen-bond donors (Lipinski definition) is 2. The molecule has 36 heavy (non-hydrogen) atoms. The molecule has 7 rings (SSSR count). The largest absolute Gasteiger partial charge is 0.368 e. The van der Waals surface area contributed by atoms with Gasteiger partial charge in [-0.1, -0.05) is 82.7 Å². The molecule has 3 N–H and O–H groups in total. The number of benzene rings is 4. The smallest absolute Gasteiger partial charge is 0.0526 e. The van der Waals surface area contributed by atoms with E-state index in [1.54, 1.807) is 0 Å². The van der Waals surface area contributed by atoms with E-state index in [0.717, 1.165) is 45.4 Å². The summed E-state index contributed by atoms with van der Waals surface area (Å²) >= 11 is 3.94. The first-order valence-electron chi connectivity index (χ1n) is 13.1. The molecule has 0 aromatic heterocycles. The summed E-state index contributed by atoms with van der Waals surface area (Å²) < 4.78 is 1.18. The van der Waals surface area contributed by atoms with E-state index in [-0.39, 0.29) is 6.04 Å². The van der Waals surface area contributed by atoms with Crippen LogP contribution in [0, 0.1) is 0 Å². The number of hydrogen-bond acceptors (Lipinski definition) is 3. The molecule has 4 aromatic carbocycles. The summed E-state index contributed by atoms with van der Waals surface area (Å²) in [5.74, 6) is 0. The van der Waals surface area contributed by atoms with Gasteiger partial charge in [0.05, 0.1) is 5.69 Å². The number of nitrogens with one attached hydrogen (secondary N) is 1. The van der Waals surface area contributed by atoms with Gasteiger partial charge in [-0.25, -0.2) is 0 Å². The second-order valence-electron chi connectivity index (χ2n) is 10.2. The predicted octanol–water partition coefficient (Wildman–Crippen LogP) is 6.82. The molecule has 1 fully saturated rings. The van der Waals surface area contributed by atoms with Crippen LogP contribution in [0.15, 0.2) is 82.9 Å². The minimum absolute atomic E-state index is 0.155. The molecule has 1 saturated heterocycles. The van der Waals surface area contributed by atoms with Crippen molar-refractivity contribution in [2.45, 2.75) is 25.3 Å². The molecular formula is C32H30BrN3. The van der Waals surface area contributed by atoms with Gasteiger partial charge in [-0.3, -0.25) is 0 Å². The summed E-state index contributed by atoms with van der Waals surface area (Å²) in [6.45, 7) is 4.08. The lowest BCUT2D eigenvalue weighted by atomic mass is 9.77. The quantitative estimate of drug-likeness (QED) is 0.296. The fourth-order valence-electron chi connectivity index (χ4n) is 6.55. The highest BCUT2D eigenvalue weighted by atomic mass is 79.9. The number of nitrogens with two attached hydrogens (primary N) is 1. The lowest BCUT2D eigenvalue weighted by molar-refractivity contribution is 0.590. The molecular weight excluding hydrogens is 506 g/mol. The van der Waals surface area contributed by atoms with Crippen molar-refractivity contribution >= 4 is 48.7 Å². The molecule has 1 unspecified atom stereocenters. The summed E-state index contributed by atoms with van der Waals surface area (Å²) in [7, 11) is 0. The molecule has 1 aliphatic heterocycles. The first kappa shape index (κ1) is 22.3. The molecule has 1 heterocycles. The molecule has 0 amide bonds. The van der Waals surface area contributed by atoms with Gasteiger partial charge in [0.25, 0.3) is 0 Å². The van der Waals surface area contributed by atoms with Gasteiger partial charge in [0, 0.05) is 53.0 Å². The maximum absolute atomic E-state index is 6.49. The highest BCUT2D eigenvalue weighted by Gasteiger charge is 2.26. The number of anilines is 1. The first-order valence-corrected chi connectivity index (χ1v) is 13.9. The second kappa shape index (κ2) is 8.88. The van der Waals surface area contributed by atoms with Gasteiger partial charge in [0.1, 0.15) is 0 Å². The maximum atomic E-state index is 6.49. The third-order valence-electron chi connectivity index (χ3n) is 8.26. The zero-order chi connectivity index (χ0) is 24.2. The van der Waals surface area contributed by atoms with E-state index in [9.17, 15) is 0 Å². The maximum Gasteiger partial charge on any atom is 0.0526 e. The zero-order valence-electron chi connectivity index (χ0n) is 20.4. The van der Waals surface area contributed by atoms with Crippen LogP contribution in [0.2, 0.25) is 0 Å². The van der Waals surface area contributed by atoms with Crippen molar-refractivity contribution in [2.24, 2.45) is 5.73 Å². The Morgan fingerprint density at radius 2 is 1.64 bits per heavy atom. The normalized spacial score (nSPS) is 19.6. The minimum Gasteiger partial charge on any atom is -0.368 e. The summed E-state index contributed by atoms with van der Waals surface area (Å²) in [5, 5.41) is 8.83. The van der Waals surface area contributed by atoms with Gasteiger partial charge in [-0.2, -0.15) is 0 Å². The van der Waals surface area contributed by atoms with E-state index >= 15 is 0 Å². The molecule has 1 atom stereocenters. The van der Waals surface area contributed by atoms with Gasteiger partial charge < -0.3 is 16.0 Å². The molecule has 3 nitrogen and oxygen atoms in total. The van der Waals surface area contributed by atoms with Crippen LogP contribution in [0.3, 0.4) is 0 Å². The Morgan fingerprint density at radius 1 is 0.833 bits per heavy atom. The van der Waals surface area contributed by atoms with Crippen molar-refractivity contribution in [3.8, 4) is 11.1 Å². The lowest BCUT2D eigenvalue weighted by Gasteiger charge is -2.33. The number of aryl methyl sites for hydroxylation is 1. The average Bonchev–Trinajstić information content (AvgIpc) is 2.93. The fraction of sp³-hybridized carbons (Fsp3) is 0.250. The molecule has 3 aliphatic rings. The molecule has 0 spiro atoms. The van der Waals surface area contributed by atoms with Crippen LogP contribution in [-0.2, 0) is 6.42 Å². The number of piperazine rings is 1. The molecule has 4 aromatic rings. The van der Waals surface area contributed by atoms with Gasteiger partial charge in [-0.05, 0) is 63.9 Å². The first-order chi connectivity index (χ1) is 17.7. The second-order valence-corrected chi connectivity index (χ2v) is 11.1. The van der Waals surface area contributed by atoms with Crippen LogP contribution in [0.5, 0.6) is 0 Å². The summed E-state index contributed by atoms with van der Waals surface area (Å²) in [4.78, 5) is 2.58. The van der Waals surface area contributed by atoms with E-state index in [4.69, 9.17) is 5.73 Å². The van der Waals surface area contributed by atoms with Gasteiger partial charge in [0.15, 0.2) is 0 Å². The van der Waals surface area contributed by atoms with E-state index < -0.39 is 0 Å². The number of nitrogens with zero attached hydrogens (tertiary/aromatic N) is 1. The topological polar surface area (TPSA) is 41.3 Å². The van der Waals surface area contributed by atoms with Crippen molar-refractivity contribution in [1.82, 2.24) is 5.32 Å². The van der Waals surface area contributed by atoms with Gasteiger partial charge in [-0.15, -0.1) is 0 Å². The van der Waals surface area contributed by atoms with Crippen molar-refractivity contribution in [1.29, 1.82) is 0 Å². The van der Waals surface area contributed by atoms with Crippen LogP contribution in [-0.4, -0.2) is 32.2 Å². The number of rotatable bonds is 2. The summed E-state index contributed by atoms with van der Waals surface area (Å²) in [5.41, 5.74) is 16.1. The Morgan fingerprint density at radius 3 is 2.53 bits per heavy atom. The van der Waals surface area contributed by atoms with Gasteiger partial charge >= 0.3 is 0 Å². The minimum atomic E-state index is 0.155. The monoisotopic (exact) mass is 535 g/mol. The summed E-state index contributed by atoms with van der Waals surface area (Å²) in [6.07, 6.45) is 7.57. The Bertz CT molecular complexity index is 1580. The van der Waals surface area contributed by atoms with E-state index in [0.29, 0.717) is 0 Å². The fourth-order valence-corrected chi connectivity index (χ4v) is 7.13. The van der Waals surface area contributed by atoms with Crippen LogP contribution >= 0.6 is 15.9 Å². The van der Waals surface area contributed by atoms with Crippen molar-refractivity contribution in [2.75, 3.05) is 31.1 Å². The number of fused-ring (bicyclic) bond motifs is 5. The Kier molecular flexibility index (Phi) is 5.50. The molecule has 0 bridgehead atoms. The van der Waals surface area contributed by atoms with E-state index in [2.05, 4.69) is 99.0 Å². The molecule has 0 saturated carbocycles. The third-order valence-corrected chi connectivity index (χ3v) is 8.93. The summed E-state index contributed by atoms with van der Waals surface area (Å²) in [6, 6.07) is 22.8. The molecule has 2 aliphatic carbocycles. The van der Waals surface area contributed by atoms with Gasteiger partial charge in [0.2, 0.25) is 0 Å². The van der Waals surface area contributed by atoms with E-state index in [1.165, 1.54) is 65.1 Å². The molecule has 180 valence electrons. The Balaban J connectivity index is 1.48. The number of halogens is 1. The van der Waals surface area contributed by atoms with E-state index in [1.807, 2.05) is 0 Å². The highest BCUT2D eigenvalue weighted by molar-refractivity contribution is 9.10. The van der Waals surface area contributed by atoms with Crippen LogP contribution in [0.1, 0.15) is 24.0 Å². The molecule has 0 radical (unpaired) electrons. The molecule has 4 heteroatoms. The van der Waals surface area contributed by atoms with Crippen molar-refractivity contribution in [3.05, 3.63) is 94.0 Å². The predicted molar refractivity (Wildman–Crippen MR) is 157 cm³/mol. The standard InChI is InChI=1S/C32H30BrN3/c33-29-15-14-24(27-12-10-23-22-6-3-7-30(34)25(22)11-13-26(23)31(27)29)28-9-8-20-4-1-2-5-21(20)32(28)36-18-16-35-17-19-36/h1-6,8-10,12,14-15,30,35H,7,11,13,16-19,34H2. The Hall–Kier alpha value is -2.92. The van der Waals surface area contributed by atoms with Crippen LogP contribution in [0.25, 0.3) is 38.2 Å². The number of allylic oxidation sites excluding steroid dienone is 2. The average molecular weight is 537 g/mol. The third kappa shape index (κ3) is 3.47. The van der Waals surface area contributed by atoms with Crippen molar-refractivity contribution < 1.29 is 0 Å². The highest BCUT2D eigenvalue weighted by Crippen LogP contribution is 2.46. The lowest BCUT2D eigenvalue weighted by Crippen LogP contribution is -2.43. The van der Waals surface area contributed by atoms with Crippen molar-refractivity contribution in [3.63, 3.8) is 0 Å². The Labute approximate surface area is 220 Å². The SMILES string of the molecule is NC1CC=CC2=C1CCc1c2ccc2c(-c3ccc4ccccc4c3N3CCNCC3)ccc(Br)c12. The van der Waals surface area contributed by atoms with Crippen LogP contribution < -0.4 is 16.0 Å². The zero-order valence-corrected chi connectivity index (χ0v) is 21.9.